The van der Waals surface area contributed by atoms with E-state index in [1.165, 1.54) is 0 Å². The first kappa shape index (κ1) is 15.2. The summed E-state index contributed by atoms with van der Waals surface area (Å²) in [5.41, 5.74) is 0.990. The van der Waals surface area contributed by atoms with Crippen molar-refractivity contribution in [3.63, 3.8) is 0 Å². The molecule has 0 bridgehead atoms. The van der Waals surface area contributed by atoms with Crippen LogP contribution in [0.25, 0.3) is 0 Å². The zero-order valence-electron chi connectivity index (χ0n) is 12.1. The van der Waals surface area contributed by atoms with E-state index in [4.69, 9.17) is 4.65 Å². The Bertz CT molecular complexity index is 401. The normalized spacial score (nSPS) is 12.7. The van der Waals surface area contributed by atoms with Gasteiger partial charge in [-0.2, -0.15) is 0 Å². The standard InChI is InChI=1S/C14H23BO3/c1-10-7-11(2)9-12(8-10)15(17)18-14(5,6)13(3,4)16/h7-9,16-17H,1-6H3. The number of rotatable bonds is 4. The van der Waals surface area contributed by atoms with Crippen molar-refractivity contribution in [2.45, 2.75) is 52.7 Å². The number of aryl methyl sites for hydroxylation is 2. The summed E-state index contributed by atoms with van der Waals surface area (Å²) in [5.74, 6) is 0. The molecule has 0 spiro atoms. The van der Waals surface area contributed by atoms with Crippen LogP contribution in [0, 0.1) is 13.8 Å². The predicted molar refractivity (Wildman–Crippen MR) is 75.0 cm³/mol. The van der Waals surface area contributed by atoms with Gasteiger partial charge in [-0.3, -0.25) is 0 Å². The van der Waals surface area contributed by atoms with Gasteiger partial charge < -0.3 is 14.8 Å². The molecule has 0 aliphatic rings. The van der Waals surface area contributed by atoms with Gasteiger partial charge in [-0.1, -0.05) is 29.3 Å². The molecule has 4 heteroatoms. The molecule has 18 heavy (non-hydrogen) atoms. The average molecular weight is 250 g/mol. The minimum Gasteiger partial charge on any atom is -0.423 e. The summed E-state index contributed by atoms with van der Waals surface area (Å²) in [6.07, 6.45) is 0. The van der Waals surface area contributed by atoms with Crippen LogP contribution < -0.4 is 5.46 Å². The van der Waals surface area contributed by atoms with Gasteiger partial charge in [0.1, 0.15) is 0 Å². The smallest absolute Gasteiger partial charge is 0.423 e. The van der Waals surface area contributed by atoms with E-state index in [-0.39, 0.29) is 0 Å². The Morgan fingerprint density at radius 3 is 1.83 bits per heavy atom. The Morgan fingerprint density at radius 2 is 1.44 bits per heavy atom. The molecule has 100 valence electrons. The second-order valence-electron chi connectivity index (χ2n) is 5.96. The van der Waals surface area contributed by atoms with Crippen LogP contribution >= 0.6 is 0 Å². The van der Waals surface area contributed by atoms with Crippen molar-refractivity contribution in [1.82, 2.24) is 0 Å². The average Bonchev–Trinajstić information content (AvgIpc) is 2.13. The monoisotopic (exact) mass is 250 g/mol. The lowest BCUT2D eigenvalue weighted by molar-refractivity contribution is -0.0982. The van der Waals surface area contributed by atoms with Crippen molar-refractivity contribution in [3.8, 4) is 0 Å². The summed E-state index contributed by atoms with van der Waals surface area (Å²) in [6, 6.07) is 5.81. The van der Waals surface area contributed by atoms with Crippen molar-refractivity contribution in [3.05, 3.63) is 29.3 Å². The molecule has 0 amide bonds. The van der Waals surface area contributed by atoms with Gasteiger partial charge in [-0.15, -0.1) is 0 Å². The van der Waals surface area contributed by atoms with Crippen LogP contribution in [0.3, 0.4) is 0 Å². The minimum atomic E-state index is -1.04. The maximum atomic E-state index is 10.1. The highest BCUT2D eigenvalue weighted by Gasteiger charge is 2.39. The summed E-state index contributed by atoms with van der Waals surface area (Å²) < 4.78 is 5.60. The highest BCUT2D eigenvalue weighted by atomic mass is 16.5. The van der Waals surface area contributed by atoms with Crippen molar-refractivity contribution in [2.75, 3.05) is 0 Å². The molecule has 1 aromatic rings. The summed E-state index contributed by atoms with van der Waals surface area (Å²) in [5, 5.41) is 20.1. The quantitative estimate of drug-likeness (QED) is 0.797. The maximum absolute atomic E-state index is 10.1. The molecule has 0 saturated carbocycles. The number of hydrogen-bond donors (Lipinski definition) is 2. The summed E-state index contributed by atoms with van der Waals surface area (Å²) in [4.78, 5) is 0. The predicted octanol–water partition coefficient (Wildman–Crippen LogP) is 1.56. The summed E-state index contributed by atoms with van der Waals surface area (Å²) >= 11 is 0. The highest BCUT2D eigenvalue weighted by Crippen LogP contribution is 2.25. The highest BCUT2D eigenvalue weighted by molar-refractivity contribution is 6.60. The van der Waals surface area contributed by atoms with Gasteiger partial charge in [0.05, 0.1) is 11.2 Å². The van der Waals surface area contributed by atoms with Crippen LogP contribution in [0.4, 0.5) is 0 Å². The van der Waals surface area contributed by atoms with E-state index in [0.29, 0.717) is 5.46 Å². The van der Waals surface area contributed by atoms with Crippen molar-refractivity contribution in [1.29, 1.82) is 0 Å². The first-order chi connectivity index (χ1) is 8.03. The third-order valence-electron chi connectivity index (χ3n) is 3.41. The lowest BCUT2D eigenvalue weighted by atomic mass is 9.75. The van der Waals surface area contributed by atoms with Gasteiger partial charge in [0.25, 0.3) is 0 Å². The molecule has 1 aromatic carbocycles. The zero-order valence-corrected chi connectivity index (χ0v) is 12.1. The third-order valence-corrected chi connectivity index (χ3v) is 3.41. The Kier molecular flexibility index (Phi) is 4.26. The van der Waals surface area contributed by atoms with Gasteiger partial charge in [-0.05, 0) is 47.0 Å². The number of hydrogen-bond acceptors (Lipinski definition) is 3. The van der Waals surface area contributed by atoms with E-state index in [1.807, 2.05) is 32.0 Å². The Morgan fingerprint density at radius 1 is 1.00 bits per heavy atom. The molecule has 0 saturated heterocycles. The van der Waals surface area contributed by atoms with E-state index in [9.17, 15) is 10.1 Å². The maximum Gasteiger partial charge on any atom is 0.491 e. The molecule has 0 heterocycles. The van der Waals surface area contributed by atoms with Crippen LogP contribution in [0.1, 0.15) is 38.8 Å². The molecule has 0 aliphatic heterocycles. The number of benzene rings is 1. The lowest BCUT2D eigenvalue weighted by Crippen LogP contribution is -2.53. The largest absolute Gasteiger partial charge is 0.491 e. The molecule has 2 N–H and O–H groups in total. The Hall–Kier alpha value is -0.835. The molecule has 0 aromatic heterocycles. The molecular formula is C14H23BO3. The molecule has 1 rings (SSSR count). The van der Waals surface area contributed by atoms with E-state index in [0.717, 1.165) is 11.1 Å². The Labute approximate surface area is 110 Å². The molecule has 0 aliphatic carbocycles. The van der Waals surface area contributed by atoms with Crippen molar-refractivity contribution < 1.29 is 14.8 Å². The molecule has 3 nitrogen and oxygen atoms in total. The lowest BCUT2D eigenvalue weighted by Gasteiger charge is -2.38. The third kappa shape index (κ3) is 3.58. The van der Waals surface area contributed by atoms with Crippen LogP contribution in [0.5, 0.6) is 0 Å². The topological polar surface area (TPSA) is 49.7 Å². The van der Waals surface area contributed by atoms with E-state index in [2.05, 4.69) is 0 Å². The van der Waals surface area contributed by atoms with Gasteiger partial charge in [-0.25, -0.2) is 0 Å². The van der Waals surface area contributed by atoms with Gasteiger partial charge in [0.15, 0.2) is 0 Å². The van der Waals surface area contributed by atoms with E-state index >= 15 is 0 Å². The second kappa shape index (κ2) is 5.04. The SMILES string of the molecule is Cc1cc(C)cc(B(O)OC(C)(C)C(C)(C)O)c1. The van der Waals surface area contributed by atoms with Crippen LogP contribution in [0.15, 0.2) is 18.2 Å². The van der Waals surface area contributed by atoms with E-state index < -0.39 is 18.3 Å². The first-order valence-electron chi connectivity index (χ1n) is 6.19. The van der Waals surface area contributed by atoms with Crippen LogP contribution in [0.2, 0.25) is 0 Å². The van der Waals surface area contributed by atoms with Crippen molar-refractivity contribution >= 4 is 12.6 Å². The van der Waals surface area contributed by atoms with Gasteiger partial charge in [0.2, 0.25) is 0 Å². The molecule has 0 atom stereocenters. The van der Waals surface area contributed by atoms with Gasteiger partial charge >= 0.3 is 7.12 Å². The zero-order chi connectivity index (χ0) is 14.1. The fourth-order valence-electron chi connectivity index (χ4n) is 1.64. The Balaban J connectivity index is 2.92. The van der Waals surface area contributed by atoms with E-state index in [1.54, 1.807) is 27.7 Å². The molecule has 0 unspecified atom stereocenters. The molecule has 0 fully saturated rings. The second-order valence-corrected chi connectivity index (χ2v) is 5.96. The molecular weight excluding hydrogens is 227 g/mol. The molecule has 0 radical (unpaired) electrons. The van der Waals surface area contributed by atoms with Crippen LogP contribution in [-0.4, -0.2) is 28.5 Å². The minimum absolute atomic E-state index is 0.713. The van der Waals surface area contributed by atoms with Crippen LogP contribution in [-0.2, 0) is 4.65 Å². The fraction of sp³-hybridized carbons (Fsp3) is 0.571. The fourth-order valence-corrected chi connectivity index (χ4v) is 1.64. The summed E-state index contributed by atoms with van der Waals surface area (Å²) in [6.45, 7) is 10.8. The first-order valence-corrected chi connectivity index (χ1v) is 6.19. The van der Waals surface area contributed by atoms with Crippen molar-refractivity contribution in [2.24, 2.45) is 0 Å². The number of aliphatic hydroxyl groups is 1. The van der Waals surface area contributed by atoms with Gasteiger partial charge in [0, 0.05) is 0 Å². The summed E-state index contributed by atoms with van der Waals surface area (Å²) in [7, 11) is -1.04.